The van der Waals surface area contributed by atoms with E-state index >= 15 is 0 Å². The number of hydrogen-bond donors (Lipinski definition) is 2. The van der Waals surface area contributed by atoms with Crippen LogP contribution in [0.15, 0.2) is 24.9 Å². The van der Waals surface area contributed by atoms with E-state index in [-0.39, 0.29) is 4.90 Å². The summed E-state index contributed by atoms with van der Waals surface area (Å²) in [5.74, 6) is 0.462. The Morgan fingerprint density at radius 1 is 1.50 bits per heavy atom. The Hall–Kier alpha value is -0.290. The van der Waals surface area contributed by atoms with Gasteiger partial charge in [-0.05, 0) is 44.8 Å². The molecule has 0 fully saturated rings. The Morgan fingerprint density at radius 3 is 2.72 bits per heavy atom. The predicted molar refractivity (Wildman–Crippen MR) is 74.8 cm³/mol. The van der Waals surface area contributed by atoms with Crippen LogP contribution in [0.1, 0.15) is 18.8 Å². The zero-order valence-electron chi connectivity index (χ0n) is 9.02. The van der Waals surface area contributed by atoms with Gasteiger partial charge >= 0.3 is 0 Å². The number of nitrogens with one attached hydrogen (secondary N) is 2. The quantitative estimate of drug-likeness (QED) is 0.802. The fraction of sp³-hybridized carbons (Fsp3) is 0.250. The van der Waals surface area contributed by atoms with Crippen molar-refractivity contribution < 1.29 is 8.42 Å². The van der Waals surface area contributed by atoms with E-state index < -0.39 is 16.1 Å². The van der Waals surface area contributed by atoms with Crippen LogP contribution in [0.2, 0.25) is 0 Å². The summed E-state index contributed by atoms with van der Waals surface area (Å²) in [4.78, 5) is 4.11. The number of thiophene rings is 1. The summed E-state index contributed by atoms with van der Waals surface area (Å²) >= 11 is 7.77. The molecule has 0 aliphatic rings. The van der Waals surface area contributed by atoms with Crippen molar-refractivity contribution in [2.24, 2.45) is 0 Å². The van der Waals surface area contributed by atoms with Crippen molar-refractivity contribution in [1.82, 2.24) is 19.9 Å². The summed E-state index contributed by atoms with van der Waals surface area (Å²) in [6.45, 7) is 1.69. The molecular formula is C8H8Br2N4O2S2. The molecule has 10 heteroatoms. The summed E-state index contributed by atoms with van der Waals surface area (Å²) in [5.41, 5.74) is 0. The molecule has 0 saturated heterocycles. The van der Waals surface area contributed by atoms with Crippen molar-refractivity contribution in [1.29, 1.82) is 0 Å². The van der Waals surface area contributed by atoms with Gasteiger partial charge in [-0.3, -0.25) is 5.10 Å². The van der Waals surface area contributed by atoms with Crippen molar-refractivity contribution in [2.75, 3.05) is 0 Å². The van der Waals surface area contributed by atoms with E-state index in [1.165, 1.54) is 17.7 Å². The van der Waals surface area contributed by atoms with E-state index in [1.54, 1.807) is 13.0 Å². The first-order valence-corrected chi connectivity index (χ1v) is 8.61. The number of nitrogens with zero attached hydrogens (tertiary/aromatic N) is 2. The van der Waals surface area contributed by atoms with Gasteiger partial charge in [0.1, 0.15) is 17.0 Å². The second kappa shape index (κ2) is 5.37. The molecule has 2 aromatic heterocycles. The maximum atomic E-state index is 12.2. The Kier molecular flexibility index (Phi) is 4.22. The van der Waals surface area contributed by atoms with Crippen LogP contribution in [0.25, 0.3) is 0 Å². The molecule has 0 aliphatic heterocycles. The van der Waals surface area contributed by atoms with Gasteiger partial charge in [0, 0.05) is 0 Å². The Balaban J connectivity index is 2.25. The Labute approximate surface area is 125 Å². The molecule has 0 aromatic carbocycles. The number of rotatable bonds is 4. The average molecular weight is 416 g/mol. The molecule has 98 valence electrons. The molecule has 0 saturated carbocycles. The minimum Gasteiger partial charge on any atom is -0.262 e. The molecular weight excluding hydrogens is 408 g/mol. The van der Waals surface area contributed by atoms with Gasteiger partial charge in [0.05, 0.1) is 13.6 Å². The van der Waals surface area contributed by atoms with Gasteiger partial charge in [-0.1, -0.05) is 0 Å². The molecule has 2 heterocycles. The molecule has 0 spiro atoms. The number of sulfonamides is 1. The third-order valence-electron chi connectivity index (χ3n) is 2.09. The van der Waals surface area contributed by atoms with Crippen molar-refractivity contribution in [3.63, 3.8) is 0 Å². The van der Waals surface area contributed by atoms with Gasteiger partial charge in [-0.15, -0.1) is 11.3 Å². The molecule has 1 unspecified atom stereocenters. The van der Waals surface area contributed by atoms with E-state index in [4.69, 9.17) is 0 Å². The van der Waals surface area contributed by atoms with E-state index in [1.807, 2.05) is 0 Å². The summed E-state index contributed by atoms with van der Waals surface area (Å²) in [6, 6.07) is 1.06. The second-order valence-electron chi connectivity index (χ2n) is 3.40. The summed E-state index contributed by atoms with van der Waals surface area (Å²) in [6.07, 6.45) is 1.33. The summed E-state index contributed by atoms with van der Waals surface area (Å²) < 4.78 is 28.1. The standard InChI is InChI=1S/C8H8Br2N4O2S2/c1-4(8-11-3-12-13-8)14-18(15,16)5-2-6(9)17-7(5)10/h2-4,14H,1H3,(H,11,12,13). The normalized spacial score (nSPS) is 13.7. The van der Waals surface area contributed by atoms with Gasteiger partial charge in [-0.2, -0.15) is 5.10 Å². The topological polar surface area (TPSA) is 87.7 Å². The number of aromatic amines is 1. The lowest BCUT2D eigenvalue weighted by Crippen LogP contribution is -2.27. The highest BCUT2D eigenvalue weighted by Gasteiger charge is 2.24. The highest BCUT2D eigenvalue weighted by molar-refractivity contribution is 9.12. The monoisotopic (exact) mass is 414 g/mol. The Morgan fingerprint density at radius 2 is 2.22 bits per heavy atom. The van der Waals surface area contributed by atoms with Gasteiger partial charge in [0.15, 0.2) is 0 Å². The lowest BCUT2D eigenvalue weighted by Gasteiger charge is -2.10. The molecule has 0 amide bonds. The van der Waals surface area contributed by atoms with Crippen LogP contribution in [0, 0.1) is 0 Å². The van der Waals surface area contributed by atoms with Crippen LogP contribution in [0.4, 0.5) is 0 Å². The number of aromatic nitrogens is 3. The minimum atomic E-state index is -3.60. The van der Waals surface area contributed by atoms with E-state index in [2.05, 4.69) is 51.8 Å². The zero-order chi connectivity index (χ0) is 13.3. The third kappa shape index (κ3) is 2.99. The van der Waals surface area contributed by atoms with Gasteiger partial charge in [-0.25, -0.2) is 18.1 Å². The molecule has 2 N–H and O–H groups in total. The van der Waals surface area contributed by atoms with Gasteiger partial charge < -0.3 is 0 Å². The highest BCUT2D eigenvalue weighted by atomic mass is 79.9. The lowest BCUT2D eigenvalue weighted by atomic mass is 10.3. The number of halogens is 2. The minimum absolute atomic E-state index is 0.200. The molecule has 0 radical (unpaired) electrons. The van der Waals surface area contributed by atoms with E-state index in [0.29, 0.717) is 9.61 Å². The van der Waals surface area contributed by atoms with Crippen molar-refractivity contribution in [3.8, 4) is 0 Å². The summed E-state index contributed by atoms with van der Waals surface area (Å²) in [7, 11) is -3.60. The maximum Gasteiger partial charge on any atom is 0.243 e. The van der Waals surface area contributed by atoms with Crippen LogP contribution in [0.5, 0.6) is 0 Å². The van der Waals surface area contributed by atoms with E-state index in [9.17, 15) is 8.42 Å². The first-order valence-electron chi connectivity index (χ1n) is 4.72. The largest absolute Gasteiger partial charge is 0.262 e. The van der Waals surface area contributed by atoms with Crippen LogP contribution >= 0.6 is 43.2 Å². The molecule has 0 aliphatic carbocycles. The third-order valence-corrected chi connectivity index (χ3v) is 6.39. The fourth-order valence-corrected chi connectivity index (χ4v) is 6.30. The lowest BCUT2D eigenvalue weighted by molar-refractivity contribution is 0.560. The van der Waals surface area contributed by atoms with Crippen LogP contribution in [-0.2, 0) is 10.0 Å². The van der Waals surface area contributed by atoms with E-state index in [0.717, 1.165) is 3.79 Å². The smallest absolute Gasteiger partial charge is 0.243 e. The SMILES string of the molecule is CC(NS(=O)(=O)c1cc(Br)sc1Br)c1ncn[nH]1. The van der Waals surface area contributed by atoms with Crippen molar-refractivity contribution in [2.45, 2.75) is 17.9 Å². The fourth-order valence-electron chi connectivity index (χ4n) is 1.28. The number of H-pyrrole nitrogens is 1. The van der Waals surface area contributed by atoms with Crippen LogP contribution in [-0.4, -0.2) is 23.6 Å². The molecule has 1 atom stereocenters. The van der Waals surface area contributed by atoms with Crippen molar-refractivity contribution in [3.05, 3.63) is 25.8 Å². The van der Waals surface area contributed by atoms with Crippen molar-refractivity contribution >= 4 is 53.2 Å². The number of hydrogen-bond acceptors (Lipinski definition) is 5. The van der Waals surface area contributed by atoms with Gasteiger partial charge in [0.25, 0.3) is 0 Å². The molecule has 18 heavy (non-hydrogen) atoms. The van der Waals surface area contributed by atoms with Crippen LogP contribution < -0.4 is 4.72 Å². The molecule has 2 aromatic rings. The molecule has 6 nitrogen and oxygen atoms in total. The average Bonchev–Trinajstić information content (AvgIpc) is 2.86. The maximum absolute atomic E-state index is 12.2. The first kappa shape index (κ1) is 14.1. The molecule has 2 rings (SSSR count). The predicted octanol–water partition coefficient (Wildman–Crippen LogP) is 2.43. The van der Waals surface area contributed by atoms with Crippen LogP contribution in [0.3, 0.4) is 0 Å². The van der Waals surface area contributed by atoms with Gasteiger partial charge in [0.2, 0.25) is 10.0 Å². The zero-order valence-corrected chi connectivity index (χ0v) is 13.8. The highest BCUT2D eigenvalue weighted by Crippen LogP contribution is 2.35. The Bertz CT molecular complexity index is 638. The second-order valence-corrected chi connectivity index (χ2v) is 8.83. The first-order chi connectivity index (χ1) is 8.40. The summed E-state index contributed by atoms with van der Waals surface area (Å²) in [5, 5.41) is 6.31. The molecule has 0 bridgehead atoms.